The SMILES string of the molecule is CCC1CCC(C2CCCN(c3ccc(-c4n[nH]c(-c5cccc(Cl)c5)n4)cn3)CC2)CC1.O=CO. The van der Waals surface area contributed by atoms with Gasteiger partial charge < -0.3 is 10.0 Å². The normalized spacial score (nSPS) is 22.3. The van der Waals surface area contributed by atoms with E-state index in [0.29, 0.717) is 16.7 Å². The van der Waals surface area contributed by atoms with Crippen LogP contribution >= 0.6 is 11.6 Å². The van der Waals surface area contributed by atoms with E-state index >= 15 is 0 Å². The average molecular weight is 510 g/mol. The smallest absolute Gasteiger partial charge is 0.290 e. The van der Waals surface area contributed by atoms with Crippen molar-refractivity contribution in [3.63, 3.8) is 0 Å². The van der Waals surface area contributed by atoms with Gasteiger partial charge in [-0.2, -0.15) is 5.10 Å². The second kappa shape index (κ2) is 12.9. The molecule has 7 nitrogen and oxygen atoms in total. The third-order valence-electron chi connectivity index (χ3n) is 7.82. The molecular weight excluding hydrogens is 474 g/mol. The molecular formula is C28H36ClN5O2. The first-order valence-electron chi connectivity index (χ1n) is 13.1. The summed E-state index contributed by atoms with van der Waals surface area (Å²) in [5.41, 5.74) is 1.84. The number of pyridine rings is 1. The van der Waals surface area contributed by atoms with E-state index in [1.807, 2.05) is 30.5 Å². The lowest BCUT2D eigenvalue weighted by Gasteiger charge is -2.33. The minimum Gasteiger partial charge on any atom is -0.483 e. The van der Waals surface area contributed by atoms with Gasteiger partial charge >= 0.3 is 0 Å². The predicted octanol–water partition coefficient (Wildman–Crippen LogP) is 6.71. The van der Waals surface area contributed by atoms with Crippen molar-refractivity contribution in [2.75, 3.05) is 18.0 Å². The first-order valence-corrected chi connectivity index (χ1v) is 13.5. The maximum Gasteiger partial charge on any atom is 0.290 e. The molecule has 1 aliphatic heterocycles. The lowest BCUT2D eigenvalue weighted by atomic mass is 9.73. The van der Waals surface area contributed by atoms with E-state index in [1.54, 1.807) is 0 Å². The monoisotopic (exact) mass is 509 g/mol. The number of halogens is 1. The first-order chi connectivity index (χ1) is 17.6. The van der Waals surface area contributed by atoms with Crippen molar-refractivity contribution in [2.45, 2.75) is 58.3 Å². The van der Waals surface area contributed by atoms with Crippen molar-refractivity contribution in [3.8, 4) is 22.8 Å². The fourth-order valence-electron chi connectivity index (χ4n) is 5.75. The van der Waals surface area contributed by atoms with Gasteiger partial charge in [0.1, 0.15) is 5.82 Å². The Labute approximate surface area is 218 Å². The number of rotatable bonds is 5. The van der Waals surface area contributed by atoms with E-state index in [2.05, 4.69) is 39.1 Å². The number of carbonyl (C=O) groups is 1. The summed E-state index contributed by atoms with van der Waals surface area (Å²) in [6, 6.07) is 11.8. The van der Waals surface area contributed by atoms with Gasteiger partial charge in [-0.25, -0.2) is 9.97 Å². The molecule has 1 aliphatic carbocycles. The number of carboxylic acid groups (broad SMARTS) is 1. The molecule has 5 rings (SSSR count). The zero-order valence-corrected chi connectivity index (χ0v) is 21.7. The molecule has 1 unspecified atom stereocenters. The minimum absolute atomic E-state index is 0.250. The summed E-state index contributed by atoms with van der Waals surface area (Å²) < 4.78 is 0. The molecule has 1 aromatic carbocycles. The third kappa shape index (κ3) is 6.64. The number of nitrogens with one attached hydrogen (secondary N) is 1. The maximum absolute atomic E-state index is 8.36. The quantitative estimate of drug-likeness (QED) is 0.371. The van der Waals surface area contributed by atoms with E-state index in [9.17, 15) is 0 Å². The van der Waals surface area contributed by atoms with E-state index < -0.39 is 0 Å². The van der Waals surface area contributed by atoms with E-state index in [0.717, 1.165) is 47.8 Å². The van der Waals surface area contributed by atoms with Crippen LogP contribution in [0.3, 0.4) is 0 Å². The zero-order valence-electron chi connectivity index (χ0n) is 20.9. The van der Waals surface area contributed by atoms with Crippen LogP contribution in [-0.4, -0.2) is 44.8 Å². The molecule has 2 aromatic heterocycles. The number of anilines is 1. The number of H-pyrrole nitrogens is 1. The van der Waals surface area contributed by atoms with Gasteiger partial charge in [-0.1, -0.05) is 49.9 Å². The molecule has 192 valence electrons. The molecule has 0 spiro atoms. The third-order valence-corrected chi connectivity index (χ3v) is 8.06. The van der Waals surface area contributed by atoms with Gasteiger partial charge in [-0.05, 0) is 74.1 Å². The van der Waals surface area contributed by atoms with Crippen molar-refractivity contribution >= 4 is 23.9 Å². The van der Waals surface area contributed by atoms with Gasteiger partial charge in [0.2, 0.25) is 0 Å². The highest BCUT2D eigenvalue weighted by Gasteiger charge is 2.28. The number of benzene rings is 1. The lowest BCUT2D eigenvalue weighted by Crippen LogP contribution is -2.26. The Morgan fingerprint density at radius 3 is 2.53 bits per heavy atom. The van der Waals surface area contributed by atoms with Gasteiger partial charge in [0.15, 0.2) is 11.6 Å². The summed E-state index contributed by atoms with van der Waals surface area (Å²) in [4.78, 5) is 20.3. The van der Waals surface area contributed by atoms with Gasteiger partial charge in [-0.15, -0.1) is 0 Å². The van der Waals surface area contributed by atoms with Crippen LogP contribution < -0.4 is 4.90 Å². The molecule has 3 heterocycles. The summed E-state index contributed by atoms with van der Waals surface area (Å²) in [5.74, 6) is 5.26. The number of aromatic amines is 1. The minimum atomic E-state index is -0.250. The Morgan fingerprint density at radius 1 is 1.06 bits per heavy atom. The van der Waals surface area contributed by atoms with Crippen LogP contribution in [0.4, 0.5) is 5.82 Å². The molecule has 2 fully saturated rings. The average Bonchev–Trinajstić information content (AvgIpc) is 3.28. The molecule has 3 aromatic rings. The van der Waals surface area contributed by atoms with Crippen LogP contribution in [0.5, 0.6) is 0 Å². The van der Waals surface area contributed by atoms with Gasteiger partial charge in [-0.3, -0.25) is 9.89 Å². The van der Waals surface area contributed by atoms with Crippen molar-refractivity contribution < 1.29 is 9.90 Å². The van der Waals surface area contributed by atoms with Crippen molar-refractivity contribution in [1.82, 2.24) is 20.2 Å². The standard InChI is InChI=1S/C27H34ClN5.CH2O2/c1-2-19-8-10-21(11-9-19)20-6-4-15-33(16-14-20)25-13-12-23(18-29-25)27-30-26(31-32-27)22-5-3-7-24(28)17-22;2-1-3/h3,5,7,12-13,17-21H,2,4,6,8-11,14-16H2,1H3,(H,30,31,32);1H,(H,2,3). The zero-order chi connectivity index (χ0) is 25.3. The molecule has 2 aliphatic rings. The van der Waals surface area contributed by atoms with E-state index in [4.69, 9.17) is 26.5 Å². The van der Waals surface area contributed by atoms with Crippen LogP contribution in [0.15, 0.2) is 42.6 Å². The van der Waals surface area contributed by atoms with Crippen LogP contribution in [-0.2, 0) is 4.79 Å². The molecule has 36 heavy (non-hydrogen) atoms. The molecule has 0 bridgehead atoms. The highest BCUT2D eigenvalue weighted by atomic mass is 35.5. The highest BCUT2D eigenvalue weighted by Crippen LogP contribution is 2.39. The Balaban J connectivity index is 0.000000967. The Bertz CT molecular complexity index is 1100. The molecule has 0 amide bonds. The second-order valence-corrected chi connectivity index (χ2v) is 10.3. The van der Waals surface area contributed by atoms with Crippen LogP contribution in [0.1, 0.15) is 58.3 Å². The Hall–Kier alpha value is -2.93. The lowest BCUT2D eigenvalue weighted by molar-refractivity contribution is -0.122. The highest BCUT2D eigenvalue weighted by molar-refractivity contribution is 6.30. The summed E-state index contributed by atoms with van der Waals surface area (Å²) >= 11 is 6.11. The summed E-state index contributed by atoms with van der Waals surface area (Å²) in [7, 11) is 0. The molecule has 2 N–H and O–H groups in total. The molecule has 0 radical (unpaired) electrons. The van der Waals surface area contributed by atoms with Crippen molar-refractivity contribution in [3.05, 3.63) is 47.6 Å². The van der Waals surface area contributed by atoms with Crippen molar-refractivity contribution in [1.29, 1.82) is 0 Å². The van der Waals surface area contributed by atoms with Crippen molar-refractivity contribution in [2.24, 2.45) is 17.8 Å². The summed E-state index contributed by atoms with van der Waals surface area (Å²) in [6.45, 7) is 4.32. The number of hydrogen-bond donors (Lipinski definition) is 2. The number of nitrogens with zero attached hydrogens (tertiary/aromatic N) is 4. The van der Waals surface area contributed by atoms with E-state index in [-0.39, 0.29) is 6.47 Å². The first kappa shape index (κ1) is 26.1. The maximum atomic E-state index is 8.36. The van der Waals surface area contributed by atoms with Crippen LogP contribution in [0.25, 0.3) is 22.8 Å². The second-order valence-electron chi connectivity index (χ2n) is 9.90. The number of hydrogen-bond acceptors (Lipinski definition) is 5. The molecule has 1 atom stereocenters. The summed E-state index contributed by atoms with van der Waals surface area (Å²) in [6.07, 6.45) is 13.0. The predicted molar refractivity (Wildman–Crippen MR) is 144 cm³/mol. The fourth-order valence-corrected chi connectivity index (χ4v) is 5.94. The van der Waals surface area contributed by atoms with Gasteiger partial charge in [0.25, 0.3) is 6.47 Å². The topological polar surface area (TPSA) is 95.0 Å². The Kier molecular flexibility index (Phi) is 9.34. The molecule has 1 saturated heterocycles. The summed E-state index contributed by atoms with van der Waals surface area (Å²) in [5, 5.41) is 15.0. The molecule has 1 saturated carbocycles. The fraction of sp³-hybridized carbons (Fsp3) is 0.500. The Morgan fingerprint density at radius 2 is 1.83 bits per heavy atom. The van der Waals surface area contributed by atoms with Gasteiger partial charge in [0, 0.05) is 35.4 Å². The largest absolute Gasteiger partial charge is 0.483 e. The van der Waals surface area contributed by atoms with E-state index in [1.165, 1.54) is 51.4 Å². The molecule has 8 heteroatoms. The van der Waals surface area contributed by atoms with Gasteiger partial charge in [0.05, 0.1) is 0 Å². The van der Waals surface area contributed by atoms with Crippen LogP contribution in [0, 0.1) is 17.8 Å². The van der Waals surface area contributed by atoms with Crippen LogP contribution in [0.2, 0.25) is 5.02 Å². The number of aromatic nitrogens is 4.